The Hall–Kier alpha value is -2.70. The van der Waals surface area contributed by atoms with Crippen molar-refractivity contribution in [3.05, 3.63) is 42.0 Å². The van der Waals surface area contributed by atoms with Gasteiger partial charge in [0.1, 0.15) is 5.60 Å². The molecule has 1 aromatic carbocycles. The predicted octanol–water partition coefficient (Wildman–Crippen LogP) is 2.74. The molecule has 0 aliphatic carbocycles. The van der Waals surface area contributed by atoms with Crippen molar-refractivity contribution in [2.75, 3.05) is 38.1 Å². The lowest BCUT2D eigenvalue weighted by Gasteiger charge is -2.23. The monoisotopic (exact) mass is 399 g/mol. The molecule has 7 heteroatoms. The minimum absolute atomic E-state index is 0.0664. The second-order valence-corrected chi connectivity index (χ2v) is 8.52. The van der Waals surface area contributed by atoms with Gasteiger partial charge >= 0.3 is 6.09 Å². The summed E-state index contributed by atoms with van der Waals surface area (Å²) in [6, 6.07) is 8.72. The molecule has 0 bridgehead atoms. The summed E-state index contributed by atoms with van der Waals surface area (Å²) < 4.78 is 5.35. The third kappa shape index (κ3) is 6.14. The standard InChI is InChI=1S/C22H33N5O2/c1-22(2,3)29-21(28)25-18-11-14-27(16-18)20(23-4)24-15-17-7-9-19(10-8-17)26-12-5-6-13-26/h5-10,18H,11-16H2,1-4H3,(H,23,24)(H,25,28). The largest absolute Gasteiger partial charge is 0.444 e. The smallest absolute Gasteiger partial charge is 0.407 e. The van der Waals surface area contributed by atoms with Crippen molar-refractivity contribution < 1.29 is 9.53 Å². The molecule has 3 rings (SSSR count). The van der Waals surface area contributed by atoms with Crippen LogP contribution in [0.4, 0.5) is 10.5 Å². The number of anilines is 1. The first-order chi connectivity index (χ1) is 13.8. The van der Waals surface area contributed by atoms with E-state index in [0.717, 1.165) is 38.6 Å². The van der Waals surface area contributed by atoms with Crippen LogP contribution in [0.25, 0.3) is 0 Å². The van der Waals surface area contributed by atoms with E-state index in [-0.39, 0.29) is 12.1 Å². The van der Waals surface area contributed by atoms with Gasteiger partial charge in [0, 0.05) is 45.5 Å². The maximum atomic E-state index is 12.0. The molecule has 2 aliphatic rings. The number of hydrogen-bond donors (Lipinski definition) is 2. The molecule has 158 valence electrons. The van der Waals surface area contributed by atoms with E-state index in [2.05, 4.69) is 61.8 Å². The zero-order valence-electron chi connectivity index (χ0n) is 17.9. The van der Waals surface area contributed by atoms with Gasteiger partial charge in [-0.25, -0.2) is 4.79 Å². The number of likely N-dealkylation sites (tertiary alicyclic amines) is 1. The maximum Gasteiger partial charge on any atom is 0.407 e. The molecule has 1 aromatic rings. The highest BCUT2D eigenvalue weighted by molar-refractivity contribution is 5.80. The molecule has 1 saturated heterocycles. The maximum absolute atomic E-state index is 12.0. The number of guanidine groups is 1. The van der Waals surface area contributed by atoms with Crippen LogP contribution in [0.1, 0.15) is 32.8 Å². The third-order valence-corrected chi connectivity index (χ3v) is 4.99. The quantitative estimate of drug-likeness (QED) is 0.463. The fourth-order valence-corrected chi connectivity index (χ4v) is 3.57. The molecule has 2 aliphatic heterocycles. The zero-order valence-corrected chi connectivity index (χ0v) is 17.9. The number of carbonyl (C=O) groups excluding carboxylic acids is 1. The SMILES string of the molecule is CN=C(NCc1ccc(N2CC=CC2)cc1)N1CCC(NC(=O)OC(C)(C)C)C1. The third-order valence-electron chi connectivity index (χ3n) is 4.99. The lowest BCUT2D eigenvalue weighted by Crippen LogP contribution is -2.44. The summed E-state index contributed by atoms with van der Waals surface area (Å²) in [6.45, 7) is 9.86. The molecule has 1 unspecified atom stereocenters. The van der Waals surface area contributed by atoms with Gasteiger partial charge in [0.25, 0.3) is 0 Å². The van der Waals surface area contributed by atoms with Crippen molar-refractivity contribution in [3.8, 4) is 0 Å². The van der Waals surface area contributed by atoms with Crippen LogP contribution in [0.15, 0.2) is 41.4 Å². The summed E-state index contributed by atoms with van der Waals surface area (Å²) in [5.74, 6) is 0.853. The molecule has 2 heterocycles. The number of aliphatic imine (C=N–C) groups is 1. The summed E-state index contributed by atoms with van der Waals surface area (Å²) in [6.07, 6.45) is 4.90. The van der Waals surface area contributed by atoms with Crippen molar-refractivity contribution in [3.63, 3.8) is 0 Å². The average Bonchev–Trinajstić information content (AvgIpc) is 3.33. The van der Waals surface area contributed by atoms with Gasteiger partial charge in [0.15, 0.2) is 5.96 Å². The highest BCUT2D eigenvalue weighted by Crippen LogP contribution is 2.18. The lowest BCUT2D eigenvalue weighted by atomic mass is 10.2. The molecule has 29 heavy (non-hydrogen) atoms. The minimum atomic E-state index is -0.485. The van der Waals surface area contributed by atoms with Gasteiger partial charge in [0.05, 0.1) is 6.04 Å². The van der Waals surface area contributed by atoms with E-state index in [1.807, 2.05) is 20.8 Å². The van der Waals surface area contributed by atoms with Crippen LogP contribution in [0.5, 0.6) is 0 Å². The minimum Gasteiger partial charge on any atom is -0.444 e. The van der Waals surface area contributed by atoms with E-state index < -0.39 is 5.60 Å². The average molecular weight is 400 g/mol. The molecule has 0 radical (unpaired) electrons. The fourth-order valence-electron chi connectivity index (χ4n) is 3.57. The number of alkyl carbamates (subject to hydrolysis) is 1. The van der Waals surface area contributed by atoms with Crippen molar-refractivity contribution in [2.24, 2.45) is 4.99 Å². The Morgan fingerprint density at radius 2 is 1.90 bits per heavy atom. The summed E-state index contributed by atoms with van der Waals surface area (Å²) in [4.78, 5) is 20.9. The van der Waals surface area contributed by atoms with Gasteiger partial charge in [-0.15, -0.1) is 0 Å². The van der Waals surface area contributed by atoms with Gasteiger partial charge in [-0.2, -0.15) is 0 Å². The Balaban J connectivity index is 1.46. The molecule has 1 fully saturated rings. The topological polar surface area (TPSA) is 69.2 Å². The van der Waals surface area contributed by atoms with Crippen LogP contribution in [-0.2, 0) is 11.3 Å². The molecule has 1 amide bonds. The number of ether oxygens (including phenoxy) is 1. The Morgan fingerprint density at radius 3 is 2.52 bits per heavy atom. The van der Waals surface area contributed by atoms with Crippen LogP contribution in [0.3, 0.4) is 0 Å². The number of carbonyl (C=O) groups is 1. The van der Waals surface area contributed by atoms with Gasteiger partial charge < -0.3 is 25.2 Å². The van der Waals surface area contributed by atoms with Crippen molar-refractivity contribution in [2.45, 2.75) is 45.4 Å². The van der Waals surface area contributed by atoms with Gasteiger partial charge in [-0.05, 0) is 44.9 Å². The second-order valence-electron chi connectivity index (χ2n) is 8.52. The van der Waals surface area contributed by atoms with Crippen LogP contribution in [0, 0.1) is 0 Å². The van der Waals surface area contributed by atoms with Crippen molar-refractivity contribution in [1.82, 2.24) is 15.5 Å². The molecule has 0 spiro atoms. The highest BCUT2D eigenvalue weighted by atomic mass is 16.6. The fraction of sp³-hybridized carbons (Fsp3) is 0.545. The van der Waals surface area contributed by atoms with E-state index >= 15 is 0 Å². The first-order valence-electron chi connectivity index (χ1n) is 10.3. The van der Waals surface area contributed by atoms with Crippen LogP contribution >= 0.6 is 0 Å². The molecular weight excluding hydrogens is 366 g/mol. The Labute approximate surface area is 173 Å². The predicted molar refractivity (Wildman–Crippen MR) is 117 cm³/mol. The van der Waals surface area contributed by atoms with Crippen molar-refractivity contribution in [1.29, 1.82) is 0 Å². The molecule has 0 aromatic heterocycles. The lowest BCUT2D eigenvalue weighted by molar-refractivity contribution is 0.0507. The number of hydrogen-bond acceptors (Lipinski definition) is 4. The number of benzene rings is 1. The summed E-state index contributed by atoms with van der Waals surface area (Å²) >= 11 is 0. The molecule has 7 nitrogen and oxygen atoms in total. The van der Waals surface area contributed by atoms with E-state index in [4.69, 9.17) is 4.74 Å². The van der Waals surface area contributed by atoms with Gasteiger partial charge in [0.2, 0.25) is 0 Å². The summed E-state index contributed by atoms with van der Waals surface area (Å²) in [5, 5.41) is 6.39. The Kier molecular flexibility index (Phi) is 6.67. The van der Waals surface area contributed by atoms with Crippen LogP contribution in [-0.4, -0.2) is 61.8 Å². The van der Waals surface area contributed by atoms with Crippen molar-refractivity contribution >= 4 is 17.7 Å². The van der Waals surface area contributed by atoms with Crippen LogP contribution < -0.4 is 15.5 Å². The number of nitrogens with zero attached hydrogens (tertiary/aromatic N) is 3. The Morgan fingerprint density at radius 1 is 1.21 bits per heavy atom. The zero-order chi connectivity index (χ0) is 20.9. The summed E-state index contributed by atoms with van der Waals surface area (Å²) in [7, 11) is 1.79. The first kappa shape index (κ1) is 21.0. The van der Waals surface area contributed by atoms with E-state index in [0.29, 0.717) is 6.54 Å². The molecule has 2 N–H and O–H groups in total. The molecule has 1 atom stereocenters. The van der Waals surface area contributed by atoms with Crippen LogP contribution in [0.2, 0.25) is 0 Å². The number of amides is 1. The van der Waals surface area contributed by atoms with Gasteiger partial charge in [-0.3, -0.25) is 4.99 Å². The highest BCUT2D eigenvalue weighted by Gasteiger charge is 2.27. The summed E-state index contributed by atoms with van der Waals surface area (Å²) in [5.41, 5.74) is 1.98. The molecule has 0 saturated carbocycles. The number of rotatable bonds is 4. The van der Waals surface area contributed by atoms with E-state index in [9.17, 15) is 4.79 Å². The van der Waals surface area contributed by atoms with Gasteiger partial charge in [-0.1, -0.05) is 24.3 Å². The first-order valence-corrected chi connectivity index (χ1v) is 10.3. The van der Waals surface area contributed by atoms with E-state index in [1.165, 1.54) is 11.3 Å². The Bertz CT molecular complexity index is 743. The second kappa shape index (κ2) is 9.20. The molecular formula is C22H33N5O2. The van der Waals surface area contributed by atoms with E-state index in [1.54, 1.807) is 7.05 Å². The normalized spacial score (nSPS) is 19.6. The number of nitrogens with one attached hydrogen (secondary N) is 2.